The lowest BCUT2D eigenvalue weighted by atomic mass is 10.2. The maximum atomic E-state index is 11.6. The van der Waals surface area contributed by atoms with Crippen molar-refractivity contribution in [1.29, 1.82) is 0 Å². The zero-order valence-electron chi connectivity index (χ0n) is 9.95. The summed E-state index contributed by atoms with van der Waals surface area (Å²) in [7, 11) is 0. The van der Waals surface area contributed by atoms with Gasteiger partial charge >= 0.3 is 6.09 Å². The van der Waals surface area contributed by atoms with Gasteiger partial charge in [0.1, 0.15) is 0 Å². The fourth-order valence-electron chi connectivity index (χ4n) is 1.52. The minimum Gasteiger partial charge on any atom is -0.449 e. The van der Waals surface area contributed by atoms with Crippen LogP contribution in [0.15, 0.2) is 0 Å². The lowest BCUT2D eigenvalue weighted by Crippen LogP contribution is -2.35. The van der Waals surface area contributed by atoms with E-state index in [1.165, 1.54) is 0 Å². The topological polar surface area (TPSA) is 41.6 Å². The molecule has 0 spiro atoms. The van der Waals surface area contributed by atoms with Gasteiger partial charge in [0.15, 0.2) is 0 Å². The summed E-state index contributed by atoms with van der Waals surface area (Å²) < 4.78 is 5.19. The summed E-state index contributed by atoms with van der Waals surface area (Å²) in [5.41, 5.74) is 0. The monoisotopic (exact) mass is 214 g/mol. The van der Waals surface area contributed by atoms with Crippen molar-refractivity contribution < 1.29 is 9.53 Å². The molecule has 0 aromatic carbocycles. The summed E-state index contributed by atoms with van der Waals surface area (Å²) in [5, 5.41) is 3.34. The normalized spacial score (nSPS) is 22.7. The van der Waals surface area contributed by atoms with Gasteiger partial charge in [0.05, 0.1) is 6.61 Å². The molecule has 1 atom stereocenters. The molecule has 1 aliphatic heterocycles. The molecule has 1 rings (SSSR count). The van der Waals surface area contributed by atoms with E-state index >= 15 is 0 Å². The Bertz CT molecular complexity index is 207. The molecule has 0 saturated carbocycles. The van der Waals surface area contributed by atoms with Crippen LogP contribution in [0.3, 0.4) is 0 Å². The summed E-state index contributed by atoms with van der Waals surface area (Å²) in [6.45, 7) is 9.14. The molecule has 1 fully saturated rings. The average Bonchev–Trinajstić information content (AvgIpc) is 2.39. The van der Waals surface area contributed by atoms with Crippen LogP contribution in [-0.4, -0.2) is 43.3 Å². The van der Waals surface area contributed by atoms with E-state index in [0.717, 1.165) is 26.1 Å². The van der Waals surface area contributed by atoms with Crippen molar-refractivity contribution in [1.82, 2.24) is 10.2 Å². The second-order valence-corrected chi connectivity index (χ2v) is 4.60. The van der Waals surface area contributed by atoms with Gasteiger partial charge in [-0.1, -0.05) is 13.8 Å². The second-order valence-electron chi connectivity index (χ2n) is 4.60. The minimum absolute atomic E-state index is 0.167. The first-order valence-electron chi connectivity index (χ1n) is 5.74. The van der Waals surface area contributed by atoms with E-state index in [2.05, 4.69) is 12.2 Å². The summed E-state index contributed by atoms with van der Waals surface area (Å²) in [4.78, 5) is 13.4. The first-order valence-corrected chi connectivity index (χ1v) is 5.74. The lowest BCUT2D eigenvalue weighted by molar-refractivity contribution is 0.0940. The fourth-order valence-corrected chi connectivity index (χ4v) is 1.52. The highest BCUT2D eigenvalue weighted by Crippen LogP contribution is 2.04. The number of nitrogens with one attached hydrogen (secondary N) is 1. The van der Waals surface area contributed by atoms with E-state index in [1.54, 1.807) is 4.90 Å². The number of hydrogen-bond acceptors (Lipinski definition) is 3. The largest absolute Gasteiger partial charge is 0.449 e. The third-order valence-electron chi connectivity index (χ3n) is 2.50. The molecule has 1 N–H and O–H groups in total. The number of hydrogen-bond donors (Lipinski definition) is 1. The van der Waals surface area contributed by atoms with Crippen molar-refractivity contribution in [2.24, 2.45) is 5.92 Å². The Hall–Kier alpha value is -0.770. The van der Waals surface area contributed by atoms with E-state index in [4.69, 9.17) is 4.74 Å². The molecule has 4 nitrogen and oxygen atoms in total. The number of nitrogens with zero attached hydrogens (tertiary/aromatic N) is 1. The smallest absolute Gasteiger partial charge is 0.409 e. The third-order valence-corrected chi connectivity index (χ3v) is 2.50. The summed E-state index contributed by atoms with van der Waals surface area (Å²) in [6, 6.07) is 0.493. The van der Waals surface area contributed by atoms with Gasteiger partial charge in [-0.15, -0.1) is 0 Å². The quantitative estimate of drug-likeness (QED) is 0.756. The van der Waals surface area contributed by atoms with Gasteiger partial charge in [-0.3, -0.25) is 0 Å². The Labute approximate surface area is 92.0 Å². The molecule has 88 valence electrons. The van der Waals surface area contributed by atoms with Crippen LogP contribution < -0.4 is 5.32 Å². The van der Waals surface area contributed by atoms with Crippen molar-refractivity contribution in [3.63, 3.8) is 0 Å². The molecule has 1 aliphatic rings. The van der Waals surface area contributed by atoms with Gasteiger partial charge in [-0.05, 0) is 19.3 Å². The highest BCUT2D eigenvalue weighted by molar-refractivity contribution is 5.67. The molecule has 1 amide bonds. The molecule has 1 saturated heterocycles. The van der Waals surface area contributed by atoms with Crippen molar-refractivity contribution in [3.05, 3.63) is 0 Å². The first-order chi connectivity index (χ1) is 7.09. The van der Waals surface area contributed by atoms with Crippen molar-refractivity contribution in [2.45, 2.75) is 33.2 Å². The lowest BCUT2D eigenvalue weighted by Gasteiger charge is -2.20. The van der Waals surface area contributed by atoms with E-state index in [1.807, 2.05) is 13.8 Å². The summed E-state index contributed by atoms with van der Waals surface area (Å²) in [5.74, 6) is 0.401. The zero-order chi connectivity index (χ0) is 11.3. The van der Waals surface area contributed by atoms with E-state index < -0.39 is 0 Å². The minimum atomic E-state index is -0.167. The van der Waals surface area contributed by atoms with Crippen LogP contribution in [0.25, 0.3) is 0 Å². The van der Waals surface area contributed by atoms with Crippen LogP contribution in [-0.2, 0) is 4.74 Å². The van der Waals surface area contributed by atoms with Gasteiger partial charge in [0.2, 0.25) is 0 Å². The Balaban J connectivity index is 2.31. The highest BCUT2D eigenvalue weighted by atomic mass is 16.6. The summed E-state index contributed by atoms with van der Waals surface area (Å²) >= 11 is 0. The number of rotatable bonds is 2. The van der Waals surface area contributed by atoms with E-state index in [9.17, 15) is 4.79 Å². The van der Waals surface area contributed by atoms with Crippen LogP contribution in [0.4, 0.5) is 4.79 Å². The number of carbonyl (C=O) groups is 1. The first kappa shape index (κ1) is 12.3. The SMILES string of the molecule is CC(C)COC(=O)N1CCNC(C)CC1. The maximum Gasteiger partial charge on any atom is 0.409 e. The molecule has 4 heteroatoms. The van der Waals surface area contributed by atoms with Crippen molar-refractivity contribution in [2.75, 3.05) is 26.2 Å². The zero-order valence-corrected chi connectivity index (χ0v) is 9.95. The van der Waals surface area contributed by atoms with Crippen LogP contribution in [0.2, 0.25) is 0 Å². The molecule has 0 aromatic rings. The molecule has 0 aliphatic carbocycles. The second kappa shape index (κ2) is 5.95. The predicted octanol–water partition coefficient (Wildman–Crippen LogP) is 1.46. The maximum absolute atomic E-state index is 11.6. The van der Waals surface area contributed by atoms with Crippen LogP contribution in [0, 0.1) is 5.92 Å². The Morgan fingerprint density at radius 3 is 2.93 bits per heavy atom. The van der Waals surface area contributed by atoms with Gasteiger partial charge in [0, 0.05) is 25.7 Å². The molecule has 0 aromatic heterocycles. The van der Waals surface area contributed by atoms with Gasteiger partial charge in [0.25, 0.3) is 0 Å². The molecule has 0 radical (unpaired) electrons. The van der Waals surface area contributed by atoms with Crippen LogP contribution >= 0.6 is 0 Å². The van der Waals surface area contributed by atoms with Crippen molar-refractivity contribution >= 4 is 6.09 Å². The van der Waals surface area contributed by atoms with E-state index in [0.29, 0.717) is 18.6 Å². The predicted molar refractivity (Wildman–Crippen MR) is 59.8 cm³/mol. The Morgan fingerprint density at radius 1 is 1.53 bits per heavy atom. The fraction of sp³-hybridized carbons (Fsp3) is 0.909. The van der Waals surface area contributed by atoms with Gasteiger partial charge in [-0.25, -0.2) is 4.79 Å². The molecular formula is C11H22N2O2. The Kier molecular flexibility index (Phi) is 4.88. The standard InChI is InChI=1S/C11H22N2O2/c1-9(2)8-15-11(14)13-6-4-10(3)12-5-7-13/h9-10,12H,4-8H2,1-3H3. The number of carbonyl (C=O) groups excluding carboxylic acids is 1. The average molecular weight is 214 g/mol. The Morgan fingerprint density at radius 2 is 2.27 bits per heavy atom. The van der Waals surface area contributed by atoms with Crippen LogP contribution in [0.1, 0.15) is 27.2 Å². The van der Waals surface area contributed by atoms with Crippen molar-refractivity contribution in [3.8, 4) is 0 Å². The molecule has 15 heavy (non-hydrogen) atoms. The molecule has 1 heterocycles. The highest BCUT2D eigenvalue weighted by Gasteiger charge is 2.18. The number of ether oxygens (including phenoxy) is 1. The third kappa shape index (κ3) is 4.51. The van der Waals surface area contributed by atoms with E-state index in [-0.39, 0.29) is 6.09 Å². The van der Waals surface area contributed by atoms with Gasteiger partial charge < -0.3 is 15.0 Å². The summed E-state index contributed by atoms with van der Waals surface area (Å²) in [6.07, 6.45) is 0.830. The van der Waals surface area contributed by atoms with Crippen LogP contribution in [0.5, 0.6) is 0 Å². The molecule has 1 unspecified atom stereocenters. The number of amides is 1. The van der Waals surface area contributed by atoms with Gasteiger partial charge in [-0.2, -0.15) is 0 Å². The molecule has 0 bridgehead atoms. The molecular weight excluding hydrogens is 192 g/mol.